The first-order valence-electron chi connectivity index (χ1n) is 11.9. The molecule has 0 aliphatic rings. The number of carbonyl (C=O) groups is 2. The van der Waals surface area contributed by atoms with E-state index < -0.39 is 5.97 Å². The normalized spacial score (nSPS) is 10.7. The van der Waals surface area contributed by atoms with Crippen molar-refractivity contribution in [1.82, 2.24) is 9.88 Å². The van der Waals surface area contributed by atoms with E-state index in [2.05, 4.69) is 11.4 Å². The van der Waals surface area contributed by atoms with Crippen molar-refractivity contribution >= 4 is 34.4 Å². The van der Waals surface area contributed by atoms with Gasteiger partial charge in [0, 0.05) is 29.7 Å². The number of carboxylic acid groups (broad SMARTS) is 1. The molecule has 1 heterocycles. The third kappa shape index (κ3) is 5.29. The SMILES string of the molecule is N#Cc1ccc(-c2cc(C(=O)NCc3ccc(C(=O)O)cc3)c3c(ccn3Cc3cccc(Cl)c3)c2)cc1. The summed E-state index contributed by atoms with van der Waals surface area (Å²) in [5, 5.41) is 22.8. The Hall–Kier alpha value is -4.86. The zero-order chi connectivity index (χ0) is 26.6. The van der Waals surface area contributed by atoms with Crippen LogP contribution in [0.3, 0.4) is 0 Å². The number of halogens is 1. The van der Waals surface area contributed by atoms with Gasteiger partial charge in [0.15, 0.2) is 0 Å². The van der Waals surface area contributed by atoms with Crippen LogP contribution in [-0.4, -0.2) is 21.6 Å². The molecule has 0 fully saturated rings. The molecule has 0 unspecified atom stereocenters. The van der Waals surface area contributed by atoms with Gasteiger partial charge in [0.25, 0.3) is 5.91 Å². The molecule has 2 N–H and O–H groups in total. The average Bonchev–Trinajstić information content (AvgIpc) is 3.34. The fourth-order valence-electron chi connectivity index (χ4n) is 4.43. The maximum absolute atomic E-state index is 13.6. The summed E-state index contributed by atoms with van der Waals surface area (Å²) in [6, 6.07) is 29.3. The Bertz CT molecular complexity index is 1700. The number of nitriles is 1. The van der Waals surface area contributed by atoms with E-state index in [1.807, 2.05) is 65.4 Å². The van der Waals surface area contributed by atoms with Crippen LogP contribution in [0.5, 0.6) is 0 Å². The molecule has 186 valence electrons. The summed E-state index contributed by atoms with van der Waals surface area (Å²) < 4.78 is 2.03. The Kier molecular flexibility index (Phi) is 6.94. The molecule has 6 nitrogen and oxygen atoms in total. The maximum atomic E-state index is 13.6. The zero-order valence-electron chi connectivity index (χ0n) is 20.2. The molecule has 0 spiro atoms. The first-order valence-corrected chi connectivity index (χ1v) is 12.3. The van der Waals surface area contributed by atoms with Crippen LogP contribution in [0, 0.1) is 11.3 Å². The lowest BCUT2D eigenvalue weighted by atomic mass is 9.99. The van der Waals surface area contributed by atoms with Crippen molar-refractivity contribution in [3.8, 4) is 17.2 Å². The Morgan fingerprint density at radius 2 is 1.66 bits per heavy atom. The summed E-state index contributed by atoms with van der Waals surface area (Å²) in [5.41, 5.74) is 5.61. The van der Waals surface area contributed by atoms with Crippen molar-refractivity contribution in [2.75, 3.05) is 0 Å². The molecule has 5 aromatic rings. The Balaban J connectivity index is 1.52. The van der Waals surface area contributed by atoms with Crippen LogP contribution in [-0.2, 0) is 13.1 Å². The fraction of sp³-hybridized carbons (Fsp3) is 0.0645. The van der Waals surface area contributed by atoms with Crippen molar-refractivity contribution < 1.29 is 14.7 Å². The quantitative estimate of drug-likeness (QED) is 0.256. The van der Waals surface area contributed by atoms with Crippen LogP contribution in [0.25, 0.3) is 22.0 Å². The second-order valence-electron chi connectivity index (χ2n) is 8.91. The maximum Gasteiger partial charge on any atom is 0.335 e. The van der Waals surface area contributed by atoms with Crippen LogP contribution in [0.2, 0.25) is 5.02 Å². The number of carbonyl (C=O) groups excluding carboxylic acids is 1. The highest BCUT2D eigenvalue weighted by atomic mass is 35.5. The summed E-state index contributed by atoms with van der Waals surface area (Å²) >= 11 is 6.20. The van der Waals surface area contributed by atoms with Gasteiger partial charge in [-0.3, -0.25) is 4.79 Å². The van der Waals surface area contributed by atoms with Gasteiger partial charge in [-0.05, 0) is 76.9 Å². The number of benzene rings is 4. The minimum atomic E-state index is -0.997. The van der Waals surface area contributed by atoms with Gasteiger partial charge < -0.3 is 15.0 Å². The van der Waals surface area contributed by atoms with E-state index in [4.69, 9.17) is 22.0 Å². The number of amides is 1. The van der Waals surface area contributed by atoms with E-state index in [9.17, 15) is 9.59 Å². The Morgan fingerprint density at radius 3 is 2.34 bits per heavy atom. The van der Waals surface area contributed by atoms with Gasteiger partial charge in [0.1, 0.15) is 0 Å². The van der Waals surface area contributed by atoms with Crippen LogP contribution >= 0.6 is 11.6 Å². The van der Waals surface area contributed by atoms with Crippen molar-refractivity contribution in [3.63, 3.8) is 0 Å². The van der Waals surface area contributed by atoms with E-state index in [0.717, 1.165) is 33.2 Å². The molecule has 4 aromatic carbocycles. The van der Waals surface area contributed by atoms with Crippen molar-refractivity contribution in [2.24, 2.45) is 0 Å². The molecule has 0 saturated carbocycles. The molecule has 0 bridgehead atoms. The van der Waals surface area contributed by atoms with Gasteiger partial charge >= 0.3 is 5.97 Å². The summed E-state index contributed by atoms with van der Waals surface area (Å²) in [6.07, 6.45) is 1.95. The van der Waals surface area contributed by atoms with Gasteiger partial charge in [-0.25, -0.2) is 4.79 Å². The molecule has 0 radical (unpaired) electrons. The van der Waals surface area contributed by atoms with Crippen molar-refractivity contribution in [1.29, 1.82) is 5.26 Å². The van der Waals surface area contributed by atoms with E-state index in [1.54, 1.807) is 24.3 Å². The van der Waals surface area contributed by atoms with Crippen LogP contribution in [0.15, 0.2) is 97.2 Å². The van der Waals surface area contributed by atoms with E-state index in [0.29, 0.717) is 22.7 Å². The zero-order valence-corrected chi connectivity index (χ0v) is 20.9. The third-order valence-corrected chi connectivity index (χ3v) is 6.58. The van der Waals surface area contributed by atoms with Crippen molar-refractivity contribution in [3.05, 3.63) is 130 Å². The molecular weight excluding hydrogens is 498 g/mol. The number of nitrogens with zero attached hydrogens (tertiary/aromatic N) is 2. The fourth-order valence-corrected chi connectivity index (χ4v) is 4.65. The van der Waals surface area contributed by atoms with E-state index >= 15 is 0 Å². The van der Waals surface area contributed by atoms with E-state index in [1.165, 1.54) is 12.1 Å². The summed E-state index contributed by atoms with van der Waals surface area (Å²) in [5.74, 6) is -1.25. The molecule has 38 heavy (non-hydrogen) atoms. The average molecular weight is 520 g/mol. The minimum Gasteiger partial charge on any atom is -0.478 e. The first kappa shape index (κ1) is 24.8. The highest BCUT2D eigenvalue weighted by Gasteiger charge is 2.17. The van der Waals surface area contributed by atoms with Crippen LogP contribution < -0.4 is 5.32 Å². The van der Waals surface area contributed by atoms with Crippen LogP contribution in [0.1, 0.15) is 37.4 Å². The Labute approximate surface area is 224 Å². The standard InChI is InChI=1S/C31H22ClN3O3/c32-27-3-1-2-22(14-27)19-35-13-12-25-15-26(23-8-4-20(17-33)5-9-23)16-28(29(25)35)30(36)34-18-21-6-10-24(11-7-21)31(37)38/h1-16H,18-19H2,(H,34,36)(H,37,38). The Morgan fingerprint density at radius 1 is 0.895 bits per heavy atom. The molecular formula is C31H22ClN3O3. The number of fused-ring (bicyclic) bond motifs is 1. The highest BCUT2D eigenvalue weighted by Crippen LogP contribution is 2.30. The summed E-state index contributed by atoms with van der Waals surface area (Å²) in [7, 11) is 0. The molecule has 0 aliphatic carbocycles. The number of carboxylic acids is 1. The molecule has 0 aliphatic heterocycles. The van der Waals surface area contributed by atoms with Gasteiger partial charge in [0.05, 0.1) is 28.3 Å². The molecule has 5 rings (SSSR count). The highest BCUT2D eigenvalue weighted by molar-refractivity contribution is 6.30. The van der Waals surface area contributed by atoms with Gasteiger partial charge in [-0.2, -0.15) is 5.26 Å². The molecule has 0 saturated heterocycles. The number of rotatable bonds is 7. The number of aromatic carboxylic acids is 1. The molecule has 1 amide bonds. The smallest absolute Gasteiger partial charge is 0.335 e. The second kappa shape index (κ2) is 10.6. The molecule has 1 aromatic heterocycles. The second-order valence-corrected chi connectivity index (χ2v) is 9.35. The number of hydrogen-bond acceptors (Lipinski definition) is 3. The van der Waals surface area contributed by atoms with Crippen molar-refractivity contribution in [2.45, 2.75) is 13.1 Å². The lowest BCUT2D eigenvalue weighted by Gasteiger charge is -2.13. The topological polar surface area (TPSA) is 95.1 Å². The summed E-state index contributed by atoms with van der Waals surface area (Å²) in [4.78, 5) is 24.7. The molecule has 0 atom stereocenters. The first-order chi connectivity index (χ1) is 18.4. The third-order valence-electron chi connectivity index (χ3n) is 6.35. The predicted molar refractivity (Wildman–Crippen MR) is 147 cm³/mol. The largest absolute Gasteiger partial charge is 0.478 e. The van der Waals surface area contributed by atoms with Crippen LogP contribution in [0.4, 0.5) is 0 Å². The van der Waals surface area contributed by atoms with Gasteiger partial charge in [0.2, 0.25) is 0 Å². The monoisotopic (exact) mass is 519 g/mol. The van der Waals surface area contributed by atoms with Gasteiger partial charge in [-0.1, -0.05) is 48.0 Å². The summed E-state index contributed by atoms with van der Waals surface area (Å²) in [6.45, 7) is 0.785. The lowest BCUT2D eigenvalue weighted by molar-refractivity contribution is 0.0696. The number of hydrogen-bond donors (Lipinski definition) is 2. The van der Waals surface area contributed by atoms with Gasteiger partial charge in [-0.15, -0.1) is 0 Å². The predicted octanol–water partition coefficient (Wildman–Crippen LogP) is 6.51. The molecule has 7 heteroatoms. The minimum absolute atomic E-state index is 0.191. The number of aromatic nitrogens is 1. The lowest BCUT2D eigenvalue weighted by Crippen LogP contribution is -2.23. The van der Waals surface area contributed by atoms with E-state index in [-0.39, 0.29) is 18.0 Å². The number of nitrogens with one attached hydrogen (secondary N) is 1.